The monoisotopic (exact) mass is 520 g/mol. The fourth-order valence-electron chi connectivity index (χ4n) is 6.19. The highest BCUT2D eigenvalue weighted by atomic mass is 19.3. The van der Waals surface area contributed by atoms with Crippen LogP contribution in [0.3, 0.4) is 0 Å². The van der Waals surface area contributed by atoms with Crippen molar-refractivity contribution in [1.29, 1.82) is 0 Å². The van der Waals surface area contributed by atoms with Crippen LogP contribution in [0.25, 0.3) is 16.6 Å². The molecule has 1 N–H and O–H groups in total. The zero-order valence-electron chi connectivity index (χ0n) is 22.6. The third kappa shape index (κ3) is 4.35. The van der Waals surface area contributed by atoms with Gasteiger partial charge in [-0.15, -0.1) is 5.10 Å². The van der Waals surface area contributed by atoms with Gasteiger partial charge in [-0.1, -0.05) is 38.1 Å². The Kier molecular flexibility index (Phi) is 5.81. The van der Waals surface area contributed by atoms with Gasteiger partial charge in [-0.05, 0) is 50.3 Å². The molecule has 2 aromatic heterocycles. The number of likely N-dealkylation sites (tertiary alicyclic amines) is 1. The Morgan fingerprint density at radius 3 is 2.63 bits per heavy atom. The number of azo groups is 2. The average molecular weight is 521 g/mol. The minimum atomic E-state index is -2.43. The molecule has 1 aliphatic carbocycles. The van der Waals surface area contributed by atoms with E-state index in [1.54, 1.807) is 0 Å². The molecule has 0 amide bonds. The van der Waals surface area contributed by atoms with Gasteiger partial charge in [-0.2, -0.15) is 0 Å². The Bertz CT molecular complexity index is 1430. The highest BCUT2D eigenvalue weighted by Crippen LogP contribution is 2.47. The first-order valence-corrected chi connectivity index (χ1v) is 13.5. The van der Waals surface area contributed by atoms with Gasteiger partial charge in [-0.25, -0.2) is 18.3 Å². The zero-order valence-corrected chi connectivity index (χ0v) is 22.6. The van der Waals surface area contributed by atoms with Crippen molar-refractivity contribution in [2.45, 2.75) is 65.8 Å². The van der Waals surface area contributed by atoms with E-state index in [4.69, 9.17) is 10.1 Å². The molecule has 38 heavy (non-hydrogen) atoms. The number of hydrogen-bond acceptors (Lipinski definition) is 5. The van der Waals surface area contributed by atoms with Gasteiger partial charge in [-0.3, -0.25) is 0 Å². The summed E-state index contributed by atoms with van der Waals surface area (Å²) in [5.74, 6) is 0.647. The van der Waals surface area contributed by atoms with Gasteiger partial charge in [0.1, 0.15) is 0 Å². The van der Waals surface area contributed by atoms with Crippen LogP contribution < -0.4 is 5.32 Å². The number of nitrogens with zero attached hydrogens (tertiary/aromatic N) is 6. The van der Waals surface area contributed by atoms with Crippen LogP contribution in [-0.4, -0.2) is 56.3 Å². The molecule has 7 nitrogen and oxygen atoms in total. The molecule has 0 atom stereocenters. The third-order valence-corrected chi connectivity index (χ3v) is 8.47. The smallest absolute Gasteiger partial charge is 0.298 e. The molecule has 3 aromatic rings. The fraction of sp³-hybridized carbons (Fsp3) is 0.517. The predicted molar refractivity (Wildman–Crippen MR) is 145 cm³/mol. The van der Waals surface area contributed by atoms with E-state index >= 15 is 0 Å². The second-order valence-electron chi connectivity index (χ2n) is 12.3. The zero-order chi connectivity index (χ0) is 26.8. The number of anilines is 1. The normalized spacial score (nSPS) is 18.8. The van der Waals surface area contributed by atoms with Crippen LogP contribution in [0.2, 0.25) is 0 Å². The lowest BCUT2D eigenvalue weighted by Gasteiger charge is -2.56. The number of rotatable bonds is 6. The predicted octanol–water partition coefficient (Wildman–Crippen LogP) is 6.93. The van der Waals surface area contributed by atoms with E-state index in [1.807, 2.05) is 41.9 Å². The van der Waals surface area contributed by atoms with E-state index in [1.165, 1.54) is 23.2 Å². The second-order valence-corrected chi connectivity index (χ2v) is 12.3. The highest BCUT2D eigenvalue weighted by molar-refractivity contribution is 5.85. The minimum Gasteiger partial charge on any atom is -0.374 e. The molecule has 1 aromatic carbocycles. The first-order chi connectivity index (χ1) is 18.0. The fourth-order valence-corrected chi connectivity index (χ4v) is 6.19. The Hall–Kier alpha value is -3.36. The largest absolute Gasteiger partial charge is 0.374 e. The van der Waals surface area contributed by atoms with Crippen molar-refractivity contribution in [3.8, 4) is 11.1 Å². The Morgan fingerprint density at radius 2 is 1.95 bits per heavy atom. The van der Waals surface area contributed by atoms with Gasteiger partial charge in [0.05, 0.1) is 11.2 Å². The first-order valence-electron chi connectivity index (χ1n) is 13.5. The standard InChI is InChI=1S/C29H36F2N7/c1-18-26-22(20-6-7-23-24(14-20)38(34-23)15-25(30)31)10-13-37(26)35-27(32-18)33-21-8-11-29(12-9-21)16-36(17-29)19(2)28(3,4)5/h6-7,10,13-14,21,25H,2,8-9,11-12,15-17H2,1,3-5H3,(H,32,33,35)/q+1. The number of halogens is 2. The number of benzene rings is 1. The molecule has 0 bridgehead atoms. The summed E-state index contributed by atoms with van der Waals surface area (Å²) in [7, 11) is 0. The Morgan fingerprint density at radius 1 is 1.21 bits per heavy atom. The topological polar surface area (TPSA) is 60.8 Å². The van der Waals surface area contributed by atoms with E-state index in [-0.39, 0.29) is 5.41 Å². The Balaban J connectivity index is 1.13. The molecule has 1 spiro atoms. The summed E-state index contributed by atoms with van der Waals surface area (Å²) in [4.78, 5) is 7.26. The van der Waals surface area contributed by atoms with Crippen LogP contribution in [0.15, 0.2) is 47.9 Å². The summed E-state index contributed by atoms with van der Waals surface area (Å²) < 4.78 is 28.9. The van der Waals surface area contributed by atoms with Crippen LogP contribution in [0.5, 0.6) is 0 Å². The summed E-state index contributed by atoms with van der Waals surface area (Å²) in [6.45, 7) is 14.9. The van der Waals surface area contributed by atoms with Crippen LogP contribution in [-0.2, 0) is 0 Å². The number of alkyl halides is 2. The second kappa shape index (κ2) is 8.85. The van der Waals surface area contributed by atoms with Crippen molar-refractivity contribution in [3.63, 3.8) is 0 Å². The highest BCUT2D eigenvalue weighted by Gasteiger charge is 2.46. The van der Waals surface area contributed by atoms with E-state index in [9.17, 15) is 8.78 Å². The molecule has 2 fully saturated rings. The molecule has 9 heteroatoms. The number of nitrogens with one attached hydrogen (secondary N) is 1. The SMILES string of the molecule is C=C(N1CC2(CCC(Nc3nc(C)c4c(-c5ccc6c(c5)[N+](CC(F)F)=N6)ccn4n3)CC2)C1)C(C)(C)C. The van der Waals surface area contributed by atoms with Crippen LogP contribution >= 0.6 is 0 Å². The summed E-state index contributed by atoms with van der Waals surface area (Å²) in [5, 5.41) is 12.5. The van der Waals surface area contributed by atoms with Gasteiger partial charge >= 0.3 is 0 Å². The first kappa shape index (κ1) is 24.9. The van der Waals surface area contributed by atoms with Crippen LogP contribution in [0, 0.1) is 17.8 Å². The average Bonchev–Trinajstić information content (AvgIpc) is 3.25. The summed E-state index contributed by atoms with van der Waals surface area (Å²) in [5.41, 5.74) is 6.98. The number of aromatic nitrogens is 3. The summed E-state index contributed by atoms with van der Waals surface area (Å²) in [6, 6.07) is 8.14. The maximum Gasteiger partial charge on any atom is 0.298 e. The summed E-state index contributed by atoms with van der Waals surface area (Å²) >= 11 is 0. The number of hydrogen-bond donors (Lipinski definition) is 1. The molecule has 3 aliphatic rings. The van der Waals surface area contributed by atoms with E-state index < -0.39 is 13.0 Å². The van der Waals surface area contributed by atoms with Gasteiger partial charge in [0.2, 0.25) is 18.2 Å². The third-order valence-electron chi connectivity index (χ3n) is 8.47. The van der Waals surface area contributed by atoms with Crippen molar-refractivity contribution >= 4 is 22.8 Å². The van der Waals surface area contributed by atoms with Gasteiger partial charge in [0, 0.05) is 58.6 Å². The molecule has 2 aliphatic heterocycles. The maximum absolute atomic E-state index is 12.9. The van der Waals surface area contributed by atoms with E-state index in [2.05, 4.69) is 42.7 Å². The number of aryl methyl sites for hydroxylation is 1. The lowest BCUT2D eigenvalue weighted by atomic mass is 9.66. The van der Waals surface area contributed by atoms with E-state index in [0.29, 0.717) is 17.4 Å². The van der Waals surface area contributed by atoms with Crippen molar-refractivity contribution < 1.29 is 13.5 Å². The van der Waals surface area contributed by atoms with Crippen LogP contribution in [0.4, 0.5) is 26.1 Å². The molecule has 1 saturated carbocycles. The lowest BCUT2D eigenvalue weighted by Crippen LogP contribution is -2.58. The van der Waals surface area contributed by atoms with Gasteiger partial charge in [0.25, 0.3) is 12.1 Å². The molecule has 0 unspecified atom stereocenters. The van der Waals surface area contributed by atoms with E-state index in [0.717, 1.165) is 59.6 Å². The van der Waals surface area contributed by atoms with Gasteiger partial charge in [0.15, 0.2) is 0 Å². The van der Waals surface area contributed by atoms with Crippen molar-refractivity contribution in [1.82, 2.24) is 19.5 Å². The molecule has 0 radical (unpaired) electrons. The summed E-state index contributed by atoms with van der Waals surface area (Å²) in [6.07, 6.45) is 4.15. The number of allylic oxidation sites excluding steroid dienone is 1. The molecule has 6 rings (SSSR count). The minimum absolute atomic E-state index is 0.123. The number of fused-ring (bicyclic) bond motifs is 2. The van der Waals surface area contributed by atoms with Crippen molar-refractivity contribution in [2.75, 3.05) is 25.0 Å². The molecule has 4 heterocycles. The van der Waals surface area contributed by atoms with Crippen molar-refractivity contribution in [2.24, 2.45) is 15.9 Å². The molecule has 1 saturated heterocycles. The lowest BCUT2D eigenvalue weighted by molar-refractivity contribution is -0.536. The quantitative estimate of drug-likeness (QED) is 0.358. The molecular weight excluding hydrogens is 484 g/mol. The van der Waals surface area contributed by atoms with Gasteiger partial charge < -0.3 is 10.2 Å². The Labute approximate surface area is 222 Å². The molecular formula is C29H36F2N7+. The maximum atomic E-state index is 12.9. The van der Waals surface area contributed by atoms with Crippen molar-refractivity contribution in [3.05, 3.63) is 48.4 Å². The molecule has 200 valence electrons. The van der Waals surface area contributed by atoms with Crippen LogP contribution in [0.1, 0.15) is 52.1 Å².